The van der Waals surface area contributed by atoms with Crippen LogP contribution in [0.5, 0.6) is 0 Å². The Morgan fingerprint density at radius 2 is 2.30 bits per heavy atom. The molecule has 1 unspecified atom stereocenters. The zero-order chi connectivity index (χ0) is 16.0. The lowest BCUT2D eigenvalue weighted by molar-refractivity contribution is 0.0352. The third-order valence-corrected chi connectivity index (χ3v) is 5.18. The summed E-state index contributed by atoms with van der Waals surface area (Å²) in [6, 6.07) is 0. The average Bonchev–Trinajstić information content (AvgIpc) is 3.16. The van der Waals surface area contributed by atoms with E-state index in [9.17, 15) is 9.59 Å². The van der Waals surface area contributed by atoms with E-state index in [1.165, 1.54) is 0 Å². The van der Waals surface area contributed by atoms with E-state index in [0.717, 1.165) is 24.1 Å². The Labute approximate surface area is 133 Å². The lowest BCUT2D eigenvalue weighted by Crippen LogP contribution is -2.62. The number of rotatable bonds is 2. The number of aromatic amines is 1. The highest BCUT2D eigenvalue weighted by molar-refractivity contribution is 5.94. The minimum atomic E-state index is -0.405. The van der Waals surface area contributed by atoms with Crippen LogP contribution in [-0.4, -0.2) is 70.4 Å². The third kappa shape index (κ3) is 2.12. The number of H-pyrrole nitrogens is 1. The van der Waals surface area contributed by atoms with Crippen molar-refractivity contribution in [2.75, 3.05) is 32.8 Å². The standard InChI is InChI=1S/C15H20N4O4/c1-2-15-8-18(4-5-19(15)14(21)23-9-15)13(20)12-10-7-22-6-3-11(10)16-17-12/h2-9H2,1H3,(H,16,17). The predicted molar refractivity (Wildman–Crippen MR) is 78.9 cm³/mol. The zero-order valence-electron chi connectivity index (χ0n) is 13.1. The number of ether oxygens (including phenoxy) is 2. The number of piperazine rings is 1. The molecule has 3 aliphatic heterocycles. The fraction of sp³-hybridized carbons (Fsp3) is 0.667. The maximum atomic E-state index is 12.9. The molecule has 0 spiro atoms. The van der Waals surface area contributed by atoms with Gasteiger partial charge in [0.05, 0.1) is 18.8 Å². The molecule has 8 heteroatoms. The van der Waals surface area contributed by atoms with Crippen molar-refractivity contribution in [3.05, 3.63) is 17.0 Å². The van der Waals surface area contributed by atoms with Crippen molar-refractivity contribution >= 4 is 12.0 Å². The highest BCUT2D eigenvalue weighted by atomic mass is 16.6. The van der Waals surface area contributed by atoms with Gasteiger partial charge in [-0.1, -0.05) is 6.92 Å². The molecule has 2 fully saturated rings. The number of fused-ring (bicyclic) bond motifs is 2. The van der Waals surface area contributed by atoms with Crippen LogP contribution in [-0.2, 0) is 22.5 Å². The molecule has 124 valence electrons. The van der Waals surface area contributed by atoms with Crippen molar-refractivity contribution in [2.45, 2.75) is 31.9 Å². The van der Waals surface area contributed by atoms with Crippen molar-refractivity contribution in [2.24, 2.45) is 0 Å². The second-order valence-electron chi connectivity index (χ2n) is 6.34. The molecular formula is C15H20N4O4. The summed E-state index contributed by atoms with van der Waals surface area (Å²) in [6.07, 6.45) is 1.24. The van der Waals surface area contributed by atoms with Crippen LogP contribution in [0.15, 0.2) is 0 Å². The number of aromatic nitrogens is 2. The number of nitrogens with zero attached hydrogens (tertiary/aromatic N) is 3. The van der Waals surface area contributed by atoms with E-state index in [1.807, 2.05) is 6.92 Å². The number of carbonyl (C=O) groups excluding carboxylic acids is 2. The van der Waals surface area contributed by atoms with Gasteiger partial charge >= 0.3 is 6.09 Å². The molecule has 1 aromatic rings. The van der Waals surface area contributed by atoms with Crippen LogP contribution in [0.4, 0.5) is 4.79 Å². The van der Waals surface area contributed by atoms with E-state index in [4.69, 9.17) is 9.47 Å². The van der Waals surface area contributed by atoms with Gasteiger partial charge in [-0.05, 0) is 6.42 Å². The molecule has 3 aliphatic rings. The van der Waals surface area contributed by atoms with Gasteiger partial charge in [-0.15, -0.1) is 0 Å². The summed E-state index contributed by atoms with van der Waals surface area (Å²) in [5.41, 5.74) is 1.90. The number of amides is 2. The van der Waals surface area contributed by atoms with Gasteiger partial charge in [0, 0.05) is 37.3 Å². The Morgan fingerprint density at radius 3 is 3.13 bits per heavy atom. The topological polar surface area (TPSA) is 87.8 Å². The molecule has 2 saturated heterocycles. The third-order valence-electron chi connectivity index (χ3n) is 5.18. The van der Waals surface area contributed by atoms with Crippen LogP contribution in [0, 0.1) is 0 Å². The van der Waals surface area contributed by atoms with E-state index in [1.54, 1.807) is 9.80 Å². The highest BCUT2D eigenvalue weighted by Crippen LogP contribution is 2.32. The zero-order valence-corrected chi connectivity index (χ0v) is 13.1. The number of hydrogen-bond donors (Lipinski definition) is 1. The maximum Gasteiger partial charge on any atom is 0.410 e. The molecule has 8 nitrogen and oxygen atoms in total. The van der Waals surface area contributed by atoms with E-state index >= 15 is 0 Å². The molecule has 1 aromatic heterocycles. The first-order chi connectivity index (χ1) is 11.1. The summed E-state index contributed by atoms with van der Waals surface area (Å²) in [4.78, 5) is 28.3. The first-order valence-electron chi connectivity index (χ1n) is 8.02. The van der Waals surface area contributed by atoms with Crippen LogP contribution in [0.3, 0.4) is 0 Å². The summed E-state index contributed by atoms with van der Waals surface area (Å²) in [6.45, 7) is 4.92. The first kappa shape index (κ1) is 14.5. The van der Waals surface area contributed by atoms with Crippen molar-refractivity contribution < 1.29 is 19.1 Å². The SMILES string of the molecule is CCC12COC(=O)N1CCN(C(=O)c1n[nH]c3c1COCC3)C2. The minimum Gasteiger partial charge on any atom is -0.447 e. The summed E-state index contributed by atoms with van der Waals surface area (Å²) in [7, 11) is 0. The first-order valence-corrected chi connectivity index (χ1v) is 8.02. The van der Waals surface area contributed by atoms with Crippen LogP contribution >= 0.6 is 0 Å². The van der Waals surface area contributed by atoms with E-state index in [-0.39, 0.29) is 12.0 Å². The smallest absolute Gasteiger partial charge is 0.410 e. The normalized spacial score (nSPS) is 26.7. The number of hydrogen-bond acceptors (Lipinski definition) is 5. The largest absolute Gasteiger partial charge is 0.447 e. The van der Waals surface area contributed by atoms with Gasteiger partial charge in [0.15, 0.2) is 5.69 Å². The number of cyclic esters (lactones) is 1. The lowest BCUT2D eigenvalue weighted by atomic mass is 9.92. The van der Waals surface area contributed by atoms with Crippen molar-refractivity contribution in [3.8, 4) is 0 Å². The fourth-order valence-electron chi connectivity index (χ4n) is 3.68. The molecule has 1 N–H and O–H groups in total. The van der Waals surface area contributed by atoms with Gasteiger partial charge in [-0.2, -0.15) is 5.10 Å². The Hall–Kier alpha value is -2.09. The lowest BCUT2D eigenvalue weighted by Gasteiger charge is -2.44. The molecule has 0 aromatic carbocycles. The molecule has 1 atom stereocenters. The van der Waals surface area contributed by atoms with E-state index in [2.05, 4.69) is 10.2 Å². The summed E-state index contributed by atoms with van der Waals surface area (Å²) >= 11 is 0. The summed E-state index contributed by atoms with van der Waals surface area (Å²) in [5.74, 6) is -0.0974. The van der Waals surface area contributed by atoms with Crippen LogP contribution in [0.1, 0.15) is 35.1 Å². The van der Waals surface area contributed by atoms with Gasteiger partial charge in [0.2, 0.25) is 0 Å². The maximum absolute atomic E-state index is 12.9. The highest BCUT2D eigenvalue weighted by Gasteiger charge is 2.50. The van der Waals surface area contributed by atoms with Gasteiger partial charge < -0.3 is 14.4 Å². The minimum absolute atomic E-state index is 0.0974. The monoisotopic (exact) mass is 320 g/mol. The molecule has 2 amide bonds. The molecule has 0 aliphatic carbocycles. The van der Waals surface area contributed by atoms with Crippen LogP contribution in [0.25, 0.3) is 0 Å². The molecular weight excluding hydrogens is 300 g/mol. The van der Waals surface area contributed by atoms with Crippen molar-refractivity contribution in [1.29, 1.82) is 0 Å². The summed E-state index contributed by atoms with van der Waals surface area (Å²) < 4.78 is 10.7. The fourth-order valence-corrected chi connectivity index (χ4v) is 3.68. The quantitative estimate of drug-likeness (QED) is 0.859. The van der Waals surface area contributed by atoms with E-state index < -0.39 is 5.54 Å². The molecule has 0 radical (unpaired) electrons. The Bertz CT molecular complexity index is 658. The second kappa shape index (κ2) is 5.23. The van der Waals surface area contributed by atoms with Crippen LogP contribution < -0.4 is 0 Å². The van der Waals surface area contributed by atoms with E-state index in [0.29, 0.717) is 45.1 Å². The number of carbonyl (C=O) groups is 2. The van der Waals surface area contributed by atoms with Gasteiger partial charge in [-0.3, -0.25) is 14.8 Å². The van der Waals surface area contributed by atoms with Crippen molar-refractivity contribution in [3.63, 3.8) is 0 Å². The van der Waals surface area contributed by atoms with Crippen molar-refractivity contribution in [1.82, 2.24) is 20.0 Å². The predicted octanol–water partition coefficient (Wildman–Crippen LogP) is 0.539. The second-order valence-corrected chi connectivity index (χ2v) is 6.34. The Balaban J connectivity index is 1.58. The molecule has 23 heavy (non-hydrogen) atoms. The van der Waals surface area contributed by atoms with Gasteiger partial charge in [-0.25, -0.2) is 4.79 Å². The molecule has 4 rings (SSSR count). The summed E-state index contributed by atoms with van der Waals surface area (Å²) in [5, 5.41) is 7.17. The van der Waals surface area contributed by atoms with Gasteiger partial charge in [0.25, 0.3) is 5.91 Å². The van der Waals surface area contributed by atoms with Gasteiger partial charge in [0.1, 0.15) is 6.61 Å². The molecule has 4 heterocycles. The van der Waals surface area contributed by atoms with Crippen LogP contribution in [0.2, 0.25) is 0 Å². The average molecular weight is 320 g/mol. The molecule has 0 bridgehead atoms. The Morgan fingerprint density at radius 1 is 1.43 bits per heavy atom. The Kier molecular flexibility index (Phi) is 3.29. The number of nitrogens with one attached hydrogen (secondary N) is 1. The molecule has 0 saturated carbocycles.